The van der Waals surface area contributed by atoms with Crippen LogP contribution in [0, 0.1) is 5.41 Å². The number of carbonyl (C=O) groups is 1. The highest BCUT2D eigenvalue weighted by Gasteiger charge is 2.38. The molecule has 0 saturated carbocycles. The fourth-order valence-corrected chi connectivity index (χ4v) is 2.99. The Bertz CT molecular complexity index is 475. The lowest BCUT2D eigenvalue weighted by Gasteiger charge is -2.35. The molecule has 5 heteroatoms. The van der Waals surface area contributed by atoms with Crippen molar-refractivity contribution in [2.24, 2.45) is 5.41 Å². The van der Waals surface area contributed by atoms with Gasteiger partial charge in [-0.2, -0.15) is 5.10 Å². The third kappa shape index (κ3) is 3.64. The predicted octanol–water partition coefficient (Wildman–Crippen LogP) is 2.82. The number of amides is 1. The summed E-state index contributed by atoms with van der Waals surface area (Å²) in [5.74, 6) is 0.761. The molecule has 1 fully saturated rings. The van der Waals surface area contributed by atoms with E-state index in [2.05, 4.69) is 48.5 Å². The van der Waals surface area contributed by atoms with Crippen molar-refractivity contribution >= 4 is 11.7 Å². The molecular formula is C16H28N4O. The molecule has 0 aliphatic carbocycles. The average Bonchev–Trinajstić information content (AvgIpc) is 2.88. The van der Waals surface area contributed by atoms with Crippen LogP contribution in [0.5, 0.6) is 0 Å². The van der Waals surface area contributed by atoms with E-state index in [-0.39, 0.29) is 16.7 Å². The van der Waals surface area contributed by atoms with Crippen LogP contribution in [0.3, 0.4) is 0 Å². The van der Waals surface area contributed by atoms with Gasteiger partial charge in [-0.05, 0) is 32.4 Å². The maximum atomic E-state index is 12.7. The molecule has 1 aliphatic rings. The van der Waals surface area contributed by atoms with Gasteiger partial charge in [0.25, 0.3) is 0 Å². The Morgan fingerprint density at radius 1 is 1.38 bits per heavy atom. The summed E-state index contributed by atoms with van der Waals surface area (Å²) in [6.07, 6.45) is 3.78. The number of hydrogen-bond donors (Lipinski definition) is 3. The topological polar surface area (TPSA) is 69.8 Å². The van der Waals surface area contributed by atoms with Crippen molar-refractivity contribution in [3.63, 3.8) is 0 Å². The molecule has 1 aliphatic heterocycles. The van der Waals surface area contributed by atoms with Crippen LogP contribution in [0.1, 0.15) is 59.1 Å². The number of carbonyl (C=O) groups excluding carboxylic acids is 1. The lowest BCUT2D eigenvalue weighted by Crippen LogP contribution is -2.44. The maximum absolute atomic E-state index is 12.7. The van der Waals surface area contributed by atoms with E-state index in [0.29, 0.717) is 5.82 Å². The Balaban J connectivity index is 2.10. The van der Waals surface area contributed by atoms with Crippen molar-refractivity contribution in [1.82, 2.24) is 15.5 Å². The second-order valence-electron chi connectivity index (χ2n) is 7.15. The molecular weight excluding hydrogens is 264 g/mol. The molecule has 3 N–H and O–H groups in total. The van der Waals surface area contributed by atoms with Crippen LogP contribution in [0.4, 0.5) is 5.82 Å². The molecule has 2 rings (SSSR count). The summed E-state index contributed by atoms with van der Waals surface area (Å²) < 4.78 is 0. The molecule has 0 aromatic carbocycles. The third-order valence-corrected chi connectivity index (χ3v) is 4.40. The summed E-state index contributed by atoms with van der Waals surface area (Å²) >= 11 is 0. The van der Waals surface area contributed by atoms with Gasteiger partial charge in [-0.3, -0.25) is 9.89 Å². The van der Waals surface area contributed by atoms with E-state index in [1.165, 1.54) is 0 Å². The number of piperidine rings is 1. The van der Waals surface area contributed by atoms with Crippen molar-refractivity contribution in [2.45, 2.75) is 58.8 Å². The van der Waals surface area contributed by atoms with Gasteiger partial charge in [0.1, 0.15) is 0 Å². The molecule has 1 amide bonds. The van der Waals surface area contributed by atoms with Crippen LogP contribution in [-0.2, 0) is 10.2 Å². The van der Waals surface area contributed by atoms with Crippen molar-refractivity contribution in [3.05, 3.63) is 11.8 Å². The summed E-state index contributed by atoms with van der Waals surface area (Å²) in [6, 6.07) is 1.94. The van der Waals surface area contributed by atoms with Gasteiger partial charge < -0.3 is 10.6 Å². The summed E-state index contributed by atoms with van der Waals surface area (Å²) in [5, 5.41) is 13.6. The van der Waals surface area contributed by atoms with Crippen LogP contribution >= 0.6 is 0 Å². The lowest BCUT2D eigenvalue weighted by atomic mass is 9.74. The predicted molar refractivity (Wildman–Crippen MR) is 85.4 cm³/mol. The van der Waals surface area contributed by atoms with E-state index in [0.717, 1.165) is 44.5 Å². The summed E-state index contributed by atoms with van der Waals surface area (Å²) in [7, 11) is 0. The van der Waals surface area contributed by atoms with Gasteiger partial charge in [-0.25, -0.2) is 0 Å². The zero-order valence-corrected chi connectivity index (χ0v) is 13.7. The largest absolute Gasteiger partial charge is 0.317 e. The highest BCUT2D eigenvalue weighted by atomic mass is 16.2. The van der Waals surface area contributed by atoms with Crippen molar-refractivity contribution < 1.29 is 4.79 Å². The van der Waals surface area contributed by atoms with Gasteiger partial charge in [0.2, 0.25) is 5.91 Å². The molecule has 5 nitrogen and oxygen atoms in total. The second kappa shape index (κ2) is 6.18. The van der Waals surface area contributed by atoms with Gasteiger partial charge in [-0.15, -0.1) is 0 Å². The first-order valence-electron chi connectivity index (χ1n) is 7.95. The van der Waals surface area contributed by atoms with Crippen LogP contribution in [0.2, 0.25) is 0 Å². The minimum absolute atomic E-state index is 0.00580. The van der Waals surface area contributed by atoms with Gasteiger partial charge in [0, 0.05) is 17.2 Å². The van der Waals surface area contributed by atoms with Crippen LogP contribution in [0.15, 0.2) is 6.07 Å². The fraction of sp³-hybridized carbons (Fsp3) is 0.750. The number of nitrogens with one attached hydrogen (secondary N) is 3. The quantitative estimate of drug-likeness (QED) is 0.799. The number of nitrogens with zero attached hydrogens (tertiary/aromatic N) is 1. The first kappa shape index (κ1) is 16.0. The lowest BCUT2D eigenvalue weighted by molar-refractivity contribution is -0.127. The Kier molecular flexibility index (Phi) is 4.71. The highest BCUT2D eigenvalue weighted by molar-refractivity contribution is 5.94. The van der Waals surface area contributed by atoms with E-state index in [1.807, 2.05) is 6.07 Å². The molecule has 21 heavy (non-hydrogen) atoms. The van der Waals surface area contributed by atoms with Crippen LogP contribution in [-0.4, -0.2) is 29.2 Å². The normalized spacial score (nSPS) is 18.5. The zero-order valence-electron chi connectivity index (χ0n) is 13.7. The van der Waals surface area contributed by atoms with E-state index in [4.69, 9.17) is 0 Å². The Labute approximate surface area is 127 Å². The smallest absolute Gasteiger partial charge is 0.231 e. The molecule has 1 aromatic heterocycles. The molecule has 1 aromatic rings. The standard InChI is InChI=1S/C16H28N4O/c1-5-6-16(7-9-17-10-8-16)14(21)18-13-11-12(19-20-13)15(2,3)4/h11,17H,5-10H2,1-4H3,(H2,18,19,20,21). The van der Waals surface area contributed by atoms with Gasteiger partial charge in [0.05, 0.1) is 5.41 Å². The molecule has 2 heterocycles. The van der Waals surface area contributed by atoms with Crippen LogP contribution in [0.25, 0.3) is 0 Å². The third-order valence-electron chi connectivity index (χ3n) is 4.40. The van der Waals surface area contributed by atoms with E-state index in [1.54, 1.807) is 0 Å². The van der Waals surface area contributed by atoms with Gasteiger partial charge in [0.15, 0.2) is 5.82 Å². The number of rotatable bonds is 4. The Morgan fingerprint density at radius 2 is 2.05 bits per heavy atom. The second-order valence-corrected chi connectivity index (χ2v) is 7.15. The van der Waals surface area contributed by atoms with Gasteiger partial charge in [-0.1, -0.05) is 34.1 Å². The summed E-state index contributed by atoms with van der Waals surface area (Å²) in [5.41, 5.74) is 0.805. The molecule has 118 valence electrons. The highest BCUT2D eigenvalue weighted by Crippen LogP contribution is 2.35. The molecule has 1 saturated heterocycles. The number of hydrogen-bond acceptors (Lipinski definition) is 3. The monoisotopic (exact) mass is 292 g/mol. The maximum Gasteiger partial charge on any atom is 0.231 e. The molecule has 0 unspecified atom stereocenters. The molecule has 0 spiro atoms. The first-order valence-corrected chi connectivity index (χ1v) is 7.95. The molecule has 0 bridgehead atoms. The number of anilines is 1. The molecule has 0 radical (unpaired) electrons. The number of aromatic nitrogens is 2. The summed E-state index contributed by atoms with van der Waals surface area (Å²) in [6.45, 7) is 10.3. The fourth-order valence-electron chi connectivity index (χ4n) is 2.99. The number of H-pyrrole nitrogens is 1. The van der Waals surface area contributed by atoms with E-state index in [9.17, 15) is 4.79 Å². The zero-order chi connectivity index (χ0) is 15.5. The minimum Gasteiger partial charge on any atom is -0.317 e. The van der Waals surface area contributed by atoms with Gasteiger partial charge >= 0.3 is 0 Å². The average molecular weight is 292 g/mol. The minimum atomic E-state index is -0.235. The SMILES string of the molecule is CCCC1(C(=O)Nc2cc(C(C)(C)C)[nH]n2)CCNCC1. The van der Waals surface area contributed by atoms with E-state index < -0.39 is 0 Å². The number of aromatic amines is 1. The Hall–Kier alpha value is -1.36. The van der Waals surface area contributed by atoms with Crippen LogP contribution < -0.4 is 10.6 Å². The first-order chi connectivity index (χ1) is 9.87. The van der Waals surface area contributed by atoms with Crippen molar-refractivity contribution in [1.29, 1.82) is 0 Å². The Morgan fingerprint density at radius 3 is 2.57 bits per heavy atom. The van der Waals surface area contributed by atoms with Crippen molar-refractivity contribution in [2.75, 3.05) is 18.4 Å². The molecule has 0 atom stereocenters. The van der Waals surface area contributed by atoms with Crippen molar-refractivity contribution in [3.8, 4) is 0 Å². The summed E-state index contributed by atoms with van der Waals surface area (Å²) in [4.78, 5) is 12.7. The van der Waals surface area contributed by atoms with E-state index >= 15 is 0 Å².